The standard InChI is InChI=1S/C26H25N5OS/c1-17(32)27-15-18-6-8-20(9-7-18)24-16-33-26(28-24)29-25-13-12-23(30-31-25)22-11-10-19-4-2-3-5-21(19)14-22/h6-14,16H,2-5,15H2,1H3,(H,27,32)(H,28,29,31). The Balaban J connectivity index is 1.25. The molecule has 166 valence electrons. The number of hydrogen-bond donors (Lipinski definition) is 2. The van der Waals surface area contributed by atoms with Crippen LogP contribution >= 0.6 is 11.3 Å². The molecule has 5 rings (SSSR count). The molecule has 0 radical (unpaired) electrons. The van der Waals surface area contributed by atoms with Gasteiger partial charge in [0, 0.05) is 30.0 Å². The molecular weight excluding hydrogens is 430 g/mol. The first-order valence-corrected chi connectivity index (χ1v) is 12.0. The van der Waals surface area contributed by atoms with Gasteiger partial charge in [-0.25, -0.2) is 4.98 Å². The summed E-state index contributed by atoms with van der Waals surface area (Å²) in [6, 6.07) is 18.6. The van der Waals surface area contributed by atoms with E-state index in [0.717, 1.165) is 39.6 Å². The molecule has 2 heterocycles. The first-order chi connectivity index (χ1) is 16.1. The number of fused-ring (bicyclic) bond motifs is 1. The molecule has 0 atom stereocenters. The van der Waals surface area contributed by atoms with Crippen LogP contribution < -0.4 is 10.6 Å². The van der Waals surface area contributed by atoms with Crippen LogP contribution in [-0.4, -0.2) is 21.1 Å². The van der Waals surface area contributed by atoms with E-state index < -0.39 is 0 Å². The van der Waals surface area contributed by atoms with Gasteiger partial charge in [0.1, 0.15) is 0 Å². The van der Waals surface area contributed by atoms with Crippen molar-refractivity contribution < 1.29 is 4.79 Å². The highest BCUT2D eigenvalue weighted by Gasteiger charge is 2.11. The van der Waals surface area contributed by atoms with Gasteiger partial charge in [-0.3, -0.25) is 4.79 Å². The zero-order valence-electron chi connectivity index (χ0n) is 18.5. The van der Waals surface area contributed by atoms with Gasteiger partial charge in [0.15, 0.2) is 10.9 Å². The molecule has 33 heavy (non-hydrogen) atoms. The van der Waals surface area contributed by atoms with Crippen LogP contribution in [-0.2, 0) is 24.2 Å². The molecule has 7 heteroatoms. The number of nitrogens with zero attached hydrogens (tertiary/aromatic N) is 3. The van der Waals surface area contributed by atoms with Crippen LogP contribution in [0.25, 0.3) is 22.5 Å². The Kier molecular flexibility index (Phi) is 6.13. The molecule has 0 bridgehead atoms. The molecule has 4 aromatic rings. The van der Waals surface area contributed by atoms with E-state index >= 15 is 0 Å². The molecule has 0 saturated carbocycles. The van der Waals surface area contributed by atoms with Crippen molar-refractivity contribution in [2.75, 3.05) is 5.32 Å². The molecule has 0 saturated heterocycles. The number of aromatic nitrogens is 3. The van der Waals surface area contributed by atoms with Crippen LogP contribution in [0.5, 0.6) is 0 Å². The smallest absolute Gasteiger partial charge is 0.217 e. The topological polar surface area (TPSA) is 79.8 Å². The maximum Gasteiger partial charge on any atom is 0.217 e. The number of anilines is 2. The fourth-order valence-corrected chi connectivity index (χ4v) is 4.77. The third-order valence-corrected chi connectivity index (χ3v) is 6.60. The fraction of sp³-hybridized carbons (Fsp3) is 0.231. The van der Waals surface area contributed by atoms with E-state index in [9.17, 15) is 4.79 Å². The number of nitrogens with one attached hydrogen (secondary N) is 2. The van der Waals surface area contributed by atoms with Crippen molar-refractivity contribution in [3.63, 3.8) is 0 Å². The first kappa shape index (κ1) is 21.3. The van der Waals surface area contributed by atoms with Crippen LogP contribution in [0.15, 0.2) is 60.0 Å². The van der Waals surface area contributed by atoms with Gasteiger partial charge in [-0.2, -0.15) is 0 Å². The lowest BCUT2D eigenvalue weighted by Gasteiger charge is -2.16. The molecule has 2 aromatic heterocycles. The largest absolute Gasteiger partial charge is 0.352 e. The number of carbonyl (C=O) groups is 1. The Morgan fingerprint density at radius 1 is 0.909 bits per heavy atom. The zero-order chi connectivity index (χ0) is 22.6. The summed E-state index contributed by atoms with van der Waals surface area (Å²) in [5.74, 6) is 0.636. The maximum absolute atomic E-state index is 11.1. The number of rotatable bonds is 6. The molecule has 1 aliphatic rings. The summed E-state index contributed by atoms with van der Waals surface area (Å²) in [6.07, 6.45) is 4.89. The lowest BCUT2D eigenvalue weighted by Crippen LogP contribution is -2.18. The van der Waals surface area contributed by atoms with Crippen molar-refractivity contribution in [1.29, 1.82) is 0 Å². The Bertz CT molecular complexity index is 1260. The molecule has 6 nitrogen and oxygen atoms in total. The lowest BCUT2D eigenvalue weighted by atomic mass is 9.90. The molecule has 0 fully saturated rings. The summed E-state index contributed by atoms with van der Waals surface area (Å²) in [5, 5.41) is 17.6. The van der Waals surface area contributed by atoms with Crippen molar-refractivity contribution in [2.24, 2.45) is 0 Å². The molecule has 0 aliphatic heterocycles. The van der Waals surface area contributed by atoms with E-state index in [0.29, 0.717) is 12.4 Å². The Hall–Kier alpha value is -3.58. The Morgan fingerprint density at radius 2 is 1.70 bits per heavy atom. The summed E-state index contributed by atoms with van der Waals surface area (Å²) in [6.45, 7) is 2.05. The molecule has 2 aromatic carbocycles. The van der Waals surface area contributed by atoms with Crippen LogP contribution in [0.3, 0.4) is 0 Å². The lowest BCUT2D eigenvalue weighted by molar-refractivity contribution is -0.119. The predicted molar refractivity (Wildman–Crippen MR) is 132 cm³/mol. The summed E-state index contributed by atoms with van der Waals surface area (Å²) in [5.41, 5.74) is 7.89. The minimum absolute atomic E-state index is 0.0342. The normalized spacial score (nSPS) is 12.8. The quantitative estimate of drug-likeness (QED) is 0.400. The number of thiazole rings is 1. The summed E-state index contributed by atoms with van der Waals surface area (Å²) >= 11 is 1.53. The molecule has 2 N–H and O–H groups in total. The molecule has 1 aliphatic carbocycles. The van der Waals surface area contributed by atoms with Gasteiger partial charge < -0.3 is 10.6 Å². The van der Waals surface area contributed by atoms with Gasteiger partial charge >= 0.3 is 0 Å². The highest BCUT2D eigenvalue weighted by Crippen LogP contribution is 2.29. The fourth-order valence-electron chi connectivity index (χ4n) is 4.04. The SMILES string of the molecule is CC(=O)NCc1ccc(-c2csc(Nc3ccc(-c4ccc5c(c4)CCCC5)nn3)n2)cc1. The Labute approximate surface area is 197 Å². The molecular formula is C26H25N5OS. The number of benzene rings is 2. The van der Waals surface area contributed by atoms with Gasteiger partial charge in [0.05, 0.1) is 11.4 Å². The van der Waals surface area contributed by atoms with Crippen molar-refractivity contribution in [2.45, 2.75) is 39.2 Å². The van der Waals surface area contributed by atoms with Gasteiger partial charge in [0.25, 0.3) is 0 Å². The van der Waals surface area contributed by atoms with Crippen molar-refractivity contribution >= 4 is 28.2 Å². The van der Waals surface area contributed by atoms with Crippen molar-refractivity contribution in [3.8, 4) is 22.5 Å². The highest BCUT2D eigenvalue weighted by molar-refractivity contribution is 7.14. The summed E-state index contributed by atoms with van der Waals surface area (Å²) in [7, 11) is 0. The van der Waals surface area contributed by atoms with E-state index in [1.807, 2.05) is 41.8 Å². The average molecular weight is 456 g/mol. The van der Waals surface area contributed by atoms with Crippen LogP contribution in [0, 0.1) is 0 Å². The van der Waals surface area contributed by atoms with Gasteiger partial charge in [-0.1, -0.05) is 36.4 Å². The zero-order valence-corrected chi connectivity index (χ0v) is 19.3. The second-order valence-electron chi connectivity index (χ2n) is 8.26. The predicted octanol–water partition coefficient (Wildman–Crippen LogP) is 5.53. The maximum atomic E-state index is 11.1. The van der Waals surface area contributed by atoms with Gasteiger partial charge in [-0.05, 0) is 60.6 Å². The minimum atomic E-state index is -0.0342. The average Bonchev–Trinajstić information content (AvgIpc) is 3.31. The molecule has 0 unspecified atom stereocenters. The van der Waals surface area contributed by atoms with Crippen LogP contribution in [0.4, 0.5) is 10.9 Å². The highest BCUT2D eigenvalue weighted by atomic mass is 32.1. The van der Waals surface area contributed by atoms with Gasteiger partial charge in [-0.15, -0.1) is 21.5 Å². The first-order valence-electron chi connectivity index (χ1n) is 11.2. The van der Waals surface area contributed by atoms with Gasteiger partial charge in [0.2, 0.25) is 5.91 Å². The monoisotopic (exact) mass is 455 g/mol. The van der Waals surface area contributed by atoms with E-state index in [1.54, 1.807) is 0 Å². The molecule has 0 spiro atoms. The van der Waals surface area contributed by atoms with E-state index in [2.05, 4.69) is 44.0 Å². The van der Waals surface area contributed by atoms with E-state index in [-0.39, 0.29) is 5.91 Å². The molecule has 1 amide bonds. The third-order valence-electron chi connectivity index (χ3n) is 5.84. The second kappa shape index (κ2) is 9.50. The number of hydrogen-bond acceptors (Lipinski definition) is 6. The number of carbonyl (C=O) groups excluding carboxylic acids is 1. The van der Waals surface area contributed by atoms with E-state index in [1.165, 1.54) is 48.6 Å². The number of amides is 1. The Morgan fingerprint density at radius 3 is 2.45 bits per heavy atom. The summed E-state index contributed by atoms with van der Waals surface area (Å²) in [4.78, 5) is 15.7. The third kappa shape index (κ3) is 5.09. The summed E-state index contributed by atoms with van der Waals surface area (Å²) < 4.78 is 0. The van der Waals surface area contributed by atoms with Crippen LogP contribution in [0.2, 0.25) is 0 Å². The number of aryl methyl sites for hydroxylation is 2. The van der Waals surface area contributed by atoms with Crippen LogP contribution in [0.1, 0.15) is 36.5 Å². The van der Waals surface area contributed by atoms with E-state index in [4.69, 9.17) is 0 Å². The second-order valence-corrected chi connectivity index (χ2v) is 9.12. The van der Waals surface area contributed by atoms with Crippen molar-refractivity contribution in [1.82, 2.24) is 20.5 Å². The minimum Gasteiger partial charge on any atom is -0.352 e. The van der Waals surface area contributed by atoms with Crippen molar-refractivity contribution in [3.05, 3.63) is 76.7 Å².